The first-order valence-electron chi connectivity index (χ1n) is 16.6. The van der Waals surface area contributed by atoms with E-state index in [2.05, 4.69) is 9.80 Å². The Balaban J connectivity index is 0.955. The summed E-state index contributed by atoms with van der Waals surface area (Å²) in [5.74, 6) is 2.46. The maximum atomic E-state index is 13.1. The van der Waals surface area contributed by atoms with Gasteiger partial charge in [0.15, 0.2) is 0 Å². The first-order chi connectivity index (χ1) is 24.4. The van der Waals surface area contributed by atoms with Crippen molar-refractivity contribution in [3.63, 3.8) is 0 Å². The van der Waals surface area contributed by atoms with E-state index in [0.29, 0.717) is 62.7 Å². The molecule has 10 nitrogen and oxygen atoms in total. The van der Waals surface area contributed by atoms with Crippen molar-refractivity contribution < 1.29 is 19.1 Å². The predicted molar refractivity (Wildman–Crippen MR) is 194 cm³/mol. The predicted octanol–water partition coefficient (Wildman–Crippen LogP) is 5.50. The number of likely N-dealkylation sites (N-methyl/N-ethyl adjacent to an activating group) is 2. The average molecular weight is 667 g/mol. The van der Waals surface area contributed by atoms with Crippen LogP contribution in [0.2, 0.25) is 0 Å². The quantitative estimate of drug-likeness (QED) is 0.231. The Morgan fingerprint density at radius 2 is 0.900 bits per heavy atom. The van der Waals surface area contributed by atoms with Gasteiger partial charge in [-0.25, -0.2) is 9.98 Å². The summed E-state index contributed by atoms with van der Waals surface area (Å²) in [7, 11) is 3.50. The molecule has 0 spiro atoms. The van der Waals surface area contributed by atoms with Gasteiger partial charge in [0.2, 0.25) is 11.9 Å². The van der Waals surface area contributed by atoms with Gasteiger partial charge in [-0.1, -0.05) is 84.9 Å². The smallest absolute Gasteiger partial charge is 0.279 e. The minimum atomic E-state index is -0.150. The van der Waals surface area contributed by atoms with E-state index in [1.807, 2.05) is 109 Å². The van der Waals surface area contributed by atoms with Crippen molar-refractivity contribution in [2.75, 3.05) is 40.3 Å². The number of piperazine rings is 1. The molecule has 4 aromatic carbocycles. The topological polar surface area (TPSA) is 90.3 Å². The number of amides is 2. The highest BCUT2D eigenvalue weighted by Crippen LogP contribution is 2.24. The van der Waals surface area contributed by atoms with Crippen LogP contribution in [0, 0.1) is 0 Å². The maximum Gasteiger partial charge on any atom is 0.279 e. The van der Waals surface area contributed by atoms with Crippen molar-refractivity contribution in [2.24, 2.45) is 9.98 Å². The molecule has 0 unspecified atom stereocenters. The maximum absolute atomic E-state index is 13.1. The van der Waals surface area contributed by atoms with Gasteiger partial charge in [-0.05, 0) is 58.7 Å². The van der Waals surface area contributed by atoms with Crippen LogP contribution in [0.4, 0.5) is 0 Å². The number of carbonyl (C=O) groups is 2. The van der Waals surface area contributed by atoms with E-state index < -0.39 is 0 Å². The van der Waals surface area contributed by atoms with E-state index in [0.717, 1.165) is 33.8 Å². The number of nitrogens with zero attached hydrogens (tertiary/aromatic N) is 6. The van der Waals surface area contributed by atoms with Gasteiger partial charge in [0.25, 0.3) is 11.8 Å². The van der Waals surface area contributed by atoms with Crippen LogP contribution in [0.3, 0.4) is 0 Å². The average Bonchev–Trinajstić information content (AvgIpc) is 3.60. The number of ether oxygens (including phenoxy) is 2. The normalized spacial score (nSPS) is 17.9. The lowest BCUT2D eigenvalue weighted by Crippen LogP contribution is -2.55. The van der Waals surface area contributed by atoms with E-state index in [4.69, 9.17) is 19.5 Å². The molecule has 0 N–H and O–H groups in total. The fourth-order valence-corrected chi connectivity index (χ4v) is 5.96. The Labute approximate surface area is 291 Å². The molecule has 0 atom stereocenters. The van der Waals surface area contributed by atoms with Crippen molar-refractivity contribution in [3.05, 3.63) is 143 Å². The van der Waals surface area contributed by atoms with Crippen LogP contribution in [0.15, 0.2) is 131 Å². The summed E-state index contributed by atoms with van der Waals surface area (Å²) >= 11 is 0. The summed E-state index contributed by atoms with van der Waals surface area (Å²) in [5, 5.41) is 0. The van der Waals surface area contributed by atoms with Gasteiger partial charge in [-0.15, -0.1) is 0 Å². The molecular formula is C40H38N6O4. The Morgan fingerprint density at radius 3 is 1.26 bits per heavy atom. The highest BCUT2D eigenvalue weighted by molar-refractivity contribution is 6.14. The van der Waals surface area contributed by atoms with Crippen LogP contribution in [0.1, 0.15) is 22.3 Å². The molecule has 0 aliphatic carbocycles. The molecule has 50 heavy (non-hydrogen) atoms. The summed E-state index contributed by atoms with van der Waals surface area (Å²) in [5.41, 5.74) is 4.71. The molecular weight excluding hydrogens is 628 g/mol. The van der Waals surface area contributed by atoms with E-state index in [-0.39, 0.29) is 11.8 Å². The first-order valence-corrected chi connectivity index (χ1v) is 16.6. The van der Waals surface area contributed by atoms with Crippen LogP contribution in [-0.4, -0.2) is 83.6 Å². The zero-order valence-electron chi connectivity index (χ0n) is 28.1. The number of benzene rings is 4. The second-order valence-electron chi connectivity index (χ2n) is 12.3. The van der Waals surface area contributed by atoms with Crippen LogP contribution in [0.5, 0.6) is 11.5 Å². The molecule has 2 amide bonds. The Morgan fingerprint density at radius 1 is 0.540 bits per heavy atom. The summed E-state index contributed by atoms with van der Waals surface area (Å²) in [6, 6.07) is 35.3. The molecule has 1 saturated heterocycles. The van der Waals surface area contributed by atoms with Crippen molar-refractivity contribution >= 4 is 35.9 Å². The number of hydrogen-bond acceptors (Lipinski definition) is 8. The SMILES string of the molecule is CN1C(=O)/C(=C/c2ccc(OCc3ccccc3)cc2)N=C1N1CCN(C2=N/C(=C\c3ccc(OCc4ccccc4)cc3)C(=O)N2C)CC1. The van der Waals surface area contributed by atoms with Crippen molar-refractivity contribution in [1.82, 2.24) is 19.6 Å². The Kier molecular flexibility index (Phi) is 9.41. The molecule has 0 bridgehead atoms. The molecule has 3 heterocycles. The van der Waals surface area contributed by atoms with E-state index in [1.54, 1.807) is 36.0 Å². The van der Waals surface area contributed by atoms with Crippen LogP contribution in [0.25, 0.3) is 12.2 Å². The third kappa shape index (κ3) is 7.29. The molecule has 1 fully saturated rings. The number of carbonyl (C=O) groups excluding carboxylic acids is 2. The first kappa shape index (κ1) is 32.4. The fourth-order valence-electron chi connectivity index (χ4n) is 5.96. The van der Waals surface area contributed by atoms with Gasteiger partial charge in [-0.2, -0.15) is 0 Å². The Hall–Kier alpha value is -6.16. The van der Waals surface area contributed by atoms with Crippen molar-refractivity contribution in [3.8, 4) is 11.5 Å². The van der Waals surface area contributed by atoms with Crippen molar-refractivity contribution in [1.29, 1.82) is 0 Å². The molecule has 0 aromatic heterocycles. The van der Waals surface area contributed by atoms with Crippen LogP contribution >= 0.6 is 0 Å². The fraction of sp³-hybridized carbons (Fsp3) is 0.200. The lowest BCUT2D eigenvalue weighted by molar-refractivity contribution is -0.123. The summed E-state index contributed by atoms with van der Waals surface area (Å²) in [6.45, 7) is 3.49. The molecule has 0 saturated carbocycles. The third-order valence-electron chi connectivity index (χ3n) is 8.80. The lowest BCUT2D eigenvalue weighted by atomic mass is 10.2. The molecule has 4 aromatic rings. The van der Waals surface area contributed by atoms with Gasteiger partial charge in [-0.3, -0.25) is 19.4 Å². The molecule has 252 valence electrons. The zero-order chi connectivity index (χ0) is 34.5. The summed E-state index contributed by atoms with van der Waals surface area (Å²) in [4.78, 5) is 43.1. The molecule has 3 aliphatic heterocycles. The van der Waals surface area contributed by atoms with E-state index in [9.17, 15) is 9.59 Å². The lowest BCUT2D eigenvalue weighted by Gasteiger charge is -2.38. The second kappa shape index (κ2) is 14.5. The summed E-state index contributed by atoms with van der Waals surface area (Å²) < 4.78 is 11.8. The molecule has 10 heteroatoms. The largest absolute Gasteiger partial charge is 0.489 e. The molecule has 0 radical (unpaired) electrons. The third-order valence-corrected chi connectivity index (χ3v) is 8.80. The van der Waals surface area contributed by atoms with Gasteiger partial charge in [0.05, 0.1) is 0 Å². The van der Waals surface area contributed by atoms with Crippen LogP contribution in [-0.2, 0) is 22.8 Å². The number of aliphatic imine (C=N–C) groups is 2. The standard InChI is InChI=1S/C40H38N6O4/c1-43-37(47)35(25-29-13-17-33(18-14-29)49-27-31-9-5-3-6-10-31)41-39(43)45-21-23-46(24-22-45)40-42-36(38(48)44(40)2)26-30-15-19-34(20-16-30)50-28-32-11-7-4-8-12-32/h3-20,25-26H,21-24,27-28H2,1-2H3/b35-25-,36-26-. The summed E-state index contributed by atoms with van der Waals surface area (Å²) in [6.07, 6.45) is 3.60. The van der Waals surface area contributed by atoms with E-state index >= 15 is 0 Å². The second-order valence-corrected chi connectivity index (χ2v) is 12.3. The number of hydrogen-bond donors (Lipinski definition) is 0. The highest BCUT2D eigenvalue weighted by Gasteiger charge is 2.36. The monoisotopic (exact) mass is 666 g/mol. The van der Waals surface area contributed by atoms with Crippen molar-refractivity contribution in [2.45, 2.75) is 13.2 Å². The number of rotatable bonds is 8. The van der Waals surface area contributed by atoms with Crippen LogP contribution < -0.4 is 9.47 Å². The minimum Gasteiger partial charge on any atom is -0.489 e. The highest BCUT2D eigenvalue weighted by atomic mass is 16.5. The van der Waals surface area contributed by atoms with Gasteiger partial charge in [0, 0.05) is 40.3 Å². The molecule has 3 aliphatic rings. The molecule has 7 rings (SSSR count). The van der Waals surface area contributed by atoms with Gasteiger partial charge < -0.3 is 19.3 Å². The minimum absolute atomic E-state index is 0.150. The van der Waals surface area contributed by atoms with Gasteiger partial charge >= 0.3 is 0 Å². The zero-order valence-corrected chi connectivity index (χ0v) is 28.1. The number of guanidine groups is 2. The van der Waals surface area contributed by atoms with Gasteiger partial charge in [0.1, 0.15) is 36.1 Å². The Bertz CT molecular complexity index is 1820. The van der Waals surface area contributed by atoms with E-state index in [1.165, 1.54) is 0 Å².